The highest BCUT2D eigenvalue weighted by Gasteiger charge is 2.24. The van der Waals surface area contributed by atoms with E-state index >= 15 is 0 Å². The molecule has 1 aliphatic carbocycles. The Morgan fingerprint density at radius 1 is 1.57 bits per heavy atom. The summed E-state index contributed by atoms with van der Waals surface area (Å²) in [5.74, 6) is 0. The van der Waals surface area contributed by atoms with Crippen molar-refractivity contribution < 1.29 is 0 Å². The van der Waals surface area contributed by atoms with Gasteiger partial charge in [0, 0.05) is 10.5 Å². The average molecular weight is 134 g/mol. The minimum Gasteiger partial charge on any atom is -0.176 e. The second kappa shape index (κ2) is 2.31. The molecule has 1 saturated carbocycles. The summed E-state index contributed by atoms with van der Waals surface area (Å²) in [6.45, 7) is 0. The SMILES string of the molecule is CSC1CC(S)C1. The zero-order valence-corrected chi connectivity index (χ0v) is 6.14. The number of thiol groups is 1. The van der Waals surface area contributed by atoms with Gasteiger partial charge in [0.2, 0.25) is 0 Å². The third kappa shape index (κ3) is 1.29. The van der Waals surface area contributed by atoms with E-state index in [4.69, 9.17) is 0 Å². The first-order valence-electron chi connectivity index (χ1n) is 2.54. The van der Waals surface area contributed by atoms with Crippen molar-refractivity contribution >= 4 is 24.4 Å². The lowest BCUT2D eigenvalue weighted by atomic mass is 9.99. The van der Waals surface area contributed by atoms with Crippen molar-refractivity contribution in [2.75, 3.05) is 6.26 Å². The van der Waals surface area contributed by atoms with Crippen molar-refractivity contribution in [1.82, 2.24) is 0 Å². The van der Waals surface area contributed by atoms with E-state index in [2.05, 4.69) is 18.9 Å². The zero-order valence-electron chi connectivity index (χ0n) is 4.42. The summed E-state index contributed by atoms with van der Waals surface area (Å²) in [6, 6.07) is 0. The molecule has 42 valence electrons. The van der Waals surface area contributed by atoms with Crippen molar-refractivity contribution in [2.24, 2.45) is 0 Å². The second-order valence-electron chi connectivity index (χ2n) is 1.98. The number of hydrogen-bond acceptors (Lipinski definition) is 2. The summed E-state index contributed by atoms with van der Waals surface area (Å²) in [4.78, 5) is 0. The van der Waals surface area contributed by atoms with Gasteiger partial charge in [0.1, 0.15) is 0 Å². The molecule has 0 saturated heterocycles. The summed E-state index contributed by atoms with van der Waals surface area (Å²) in [7, 11) is 0. The molecule has 0 bridgehead atoms. The molecule has 1 fully saturated rings. The first kappa shape index (κ1) is 5.83. The summed E-state index contributed by atoms with van der Waals surface area (Å²) in [6.07, 6.45) is 4.82. The number of thioether (sulfide) groups is 1. The maximum atomic E-state index is 4.28. The van der Waals surface area contributed by atoms with Crippen LogP contribution in [0.5, 0.6) is 0 Å². The van der Waals surface area contributed by atoms with Gasteiger partial charge in [-0.05, 0) is 19.1 Å². The molecule has 0 aromatic carbocycles. The molecule has 0 amide bonds. The molecule has 7 heavy (non-hydrogen) atoms. The fourth-order valence-corrected chi connectivity index (χ4v) is 2.37. The Morgan fingerprint density at radius 3 is 2.29 bits per heavy atom. The van der Waals surface area contributed by atoms with E-state index in [0.29, 0.717) is 0 Å². The minimum absolute atomic E-state index is 0.720. The van der Waals surface area contributed by atoms with E-state index in [-0.39, 0.29) is 0 Å². The quantitative estimate of drug-likeness (QED) is 0.534. The van der Waals surface area contributed by atoms with Gasteiger partial charge in [-0.3, -0.25) is 0 Å². The molecular formula is C5H10S2. The molecular weight excluding hydrogens is 124 g/mol. The zero-order chi connectivity index (χ0) is 5.28. The summed E-state index contributed by atoms with van der Waals surface area (Å²) < 4.78 is 0. The molecule has 0 spiro atoms. The van der Waals surface area contributed by atoms with E-state index in [0.717, 1.165) is 10.5 Å². The third-order valence-corrected chi connectivity index (χ3v) is 2.88. The Morgan fingerprint density at radius 2 is 2.14 bits per heavy atom. The van der Waals surface area contributed by atoms with Gasteiger partial charge in [-0.25, -0.2) is 0 Å². The molecule has 0 nitrogen and oxygen atoms in total. The van der Waals surface area contributed by atoms with E-state index in [9.17, 15) is 0 Å². The molecule has 0 N–H and O–H groups in total. The highest BCUT2D eigenvalue weighted by Crippen LogP contribution is 2.33. The van der Waals surface area contributed by atoms with Gasteiger partial charge in [0.05, 0.1) is 0 Å². The van der Waals surface area contributed by atoms with Crippen molar-refractivity contribution in [3.8, 4) is 0 Å². The lowest BCUT2D eigenvalue weighted by molar-refractivity contribution is 0.544. The summed E-state index contributed by atoms with van der Waals surface area (Å²) in [5.41, 5.74) is 0. The van der Waals surface area contributed by atoms with Crippen molar-refractivity contribution in [3.05, 3.63) is 0 Å². The van der Waals surface area contributed by atoms with Crippen LogP contribution in [0, 0.1) is 0 Å². The van der Waals surface area contributed by atoms with Gasteiger partial charge in [0.15, 0.2) is 0 Å². The van der Waals surface area contributed by atoms with Crippen LogP contribution < -0.4 is 0 Å². The smallest absolute Gasteiger partial charge is 0.00651 e. The monoisotopic (exact) mass is 134 g/mol. The van der Waals surface area contributed by atoms with Gasteiger partial charge < -0.3 is 0 Å². The van der Waals surface area contributed by atoms with Crippen LogP contribution >= 0.6 is 24.4 Å². The van der Waals surface area contributed by atoms with Crippen LogP contribution in [0.3, 0.4) is 0 Å². The maximum Gasteiger partial charge on any atom is 0.00651 e. The van der Waals surface area contributed by atoms with Crippen molar-refractivity contribution in [1.29, 1.82) is 0 Å². The van der Waals surface area contributed by atoms with Crippen molar-refractivity contribution in [2.45, 2.75) is 23.3 Å². The molecule has 0 aromatic rings. The van der Waals surface area contributed by atoms with E-state index in [1.807, 2.05) is 11.8 Å². The lowest BCUT2D eigenvalue weighted by Crippen LogP contribution is -2.25. The van der Waals surface area contributed by atoms with E-state index in [1.54, 1.807) is 0 Å². The molecule has 0 aliphatic heterocycles. The van der Waals surface area contributed by atoms with Crippen LogP contribution in [0.25, 0.3) is 0 Å². The molecule has 2 heteroatoms. The van der Waals surface area contributed by atoms with Crippen LogP contribution in [0.2, 0.25) is 0 Å². The van der Waals surface area contributed by atoms with Crippen LogP contribution in [0.4, 0.5) is 0 Å². The van der Waals surface area contributed by atoms with Crippen LogP contribution in [0.1, 0.15) is 12.8 Å². The normalized spacial score (nSPS) is 40.3. The van der Waals surface area contributed by atoms with Crippen LogP contribution in [-0.2, 0) is 0 Å². The predicted molar refractivity (Wildman–Crippen MR) is 39.3 cm³/mol. The number of hydrogen-bond donors (Lipinski definition) is 1. The Bertz CT molecular complexity index is 57.1. The van der Waals surface area contributed by atoms with Crippen molar-refractivity contribution in [3.63, 3.8) is 0 Å². The molecule has 1 rings (SSSR count). The Hall–Kier alpha value is 0.700. The number of rotatable bonds is 1. The fourth-order valence-electron chi connectivity index (χ4n) is 0.730. The predicted octanol–water partition coefficient (Wildman–Crippen LogP) is 1.81. The van der Waals surface area contributed by atoms with E-state index in [1.165, 1.54) is 12.8 Å². The average Bonchev–Trinajstić information content (AvgIpc) is 1.58. The molecule has 0 radical (unpaired) electrons. The first-order chi connectivity index (χ1) is 3.33. The maximum absolute atomic E-state index is 4.28. The minimum atomic E-state index is 0.720. The van der Waals surface area contributed by atoms with Gasteiger partial charge >= 0.3 is 0 Å². The molecule has 1 aliphatic rings. The molecule has 0 aromatic heterocycles. The summed E-state index contributed by atoms with van der Waals surface area (Å²) in [5, 5.41) is 1.65. The Labute approximate surface area is 54.5 Å². The van der Waals surface area contributed by atoms with Gasteiger partial charge in [-0.2, -0.15) is 24.4 Å². The Kier molecular flexibility index (Phi) is 1.93. The summed E-state index contributed by atoms with van der Waals surface area (Å²) >= 11 is 6.25. The highest BCUT2D eigenvalue weighted by molar-refractivity contribution is 7.99. The molecule has 0 atom stereocenters. The second-order valence-corrected chi connectivity index (χ2v) is 3.85. The first-order valence-corrected chi connectivity index (χ1v) is 4.34. The van der Waals surface area contributed by atoms with Crippen LogP contribution in [-0.4, -0.2) is 16.8 Å². The fraction of sp³-hybridized carbons (Fsp3) is 1.00. The highest BCUT2D eigenvalue weighted by atomic mass is 32.2. The Balaban J connectivity index is 2.06. The van der Waals surface area contributed by atoms with E-state index < -0.39 is 0 Å². The molecule has 0 unspecified atom stereocenters. The topological polar surface area (TPSA) is 0 Å². The largest absolute Gasteiger partial charge is 0.176 e. The van der Waals surface area contributed by atoms with Gasteiger partial charge in [0.25, 0.3) is 0 Å². The lowest BCUT2D eigenvalue weighted by Gasteiger charge is -2.29. The van der Waals surface area contributed by atoms with Gasteiger partial charge in [-0.15, -0.1) is 0 Å². The standard InChI is InChI=1S/C5H10S2/c1-7-5-2-4(6)3-5/h4-6H,2-3H2,1H3. The third-order valence-electron chi connectivity index (χ3n) is 1.40. The van der Waals surface area contributed by atoms with Gasteiger partial charge in [-0.1, -0.05) is 0 Å². The van der Waals surface area contributed by atoms with Crippen LogP contribution in [0.15, 0.2) is 0 Å². The molecule has 0 heterocycles.